The van der Waals surface area contributed by atoms with E-state index in [4.69, 9.17) is 23.2 Å². The van der Waals surface area contributed by atoms with Gasteiger partial charge in [-0.2, -0.15) is 0 Å². The molecule has 0 aromatic heterocycles. The van der Waals surface area contributed by atoms with Gasteiger partial charge >= 0.3 is 0 Å². The molecular weight excluding hydrogens is 365 g/mol. The van der Waals surface area contributed by atoms with Crippen molar-refractivity contribution in [2.45, 2.75) is 12.5 Å². The van der Waals surface area contributed by atoms with Crippen LogP contribution in [0.2, 0.25) is 10.0 Å². The van der Waals surface area contributed by atoms with Crippen LogP contribution in [0.5, 0.6) is 0 Å². The van der Waals surface area contributed by atoms with Crippen molar-refractivity contribution in [3.8, 4) is 0 Å². The molecule has 1 fully saturated rings. The van der Waals surface area contributed by atoms with E-state index >= 15 is 0 Å². The van der Waals surface area contributed by atoms with E-state index < -0.39 is 23.8 Å². The van der Waals surface area contributed by atoms with Gasteiger partial charge in [0.2, 0.25) is 5.91 Å². The Kier molecular flexibility index (Phi) is 5.03. The summed E-state index contributed by atoms with van der Waals surface area (Å²) in [4.78, 5) is 37.7. The minimum Gasteiger partial charge on any atom is -0.287 e. The molecule has 8 heteroatoms. The van der Waals surface area contributed by atoms with Gasteiger partial charge in [-0.05, 0) is 30.3 Å². The number of hydrazine groups is 1. The summed E-state index contributed by atoms with van der Waals surface area (Å²) in [5, 5.41) is 0.633. The molecule has 3 rings (SSSR count). The van der Waals surface area contributed by atoms with Crippen molar-refractivity contribution in [2.75, 3.05) is 4.90 Å². The number of hydrogen-bond acceptors (Lipinski definition) is 4. The maximum absolute atomic E-state index is 12.5. The summed E-state index contributed by atoms with van der Waals surface area (Å²) < 4.78 is 0. The van der Waals surface area contributed by atoms with E-state index in [1.807, 2.05) is 0 Å². The second kappa shape index (κ2) is 7.23. The number of hydrogen-bond donors (Lipinski definition) is 2. The highest BCUT2D eigenvalue weighted by atomic mass is 35.5. The number of nitrogens with one attached hydrogen (secondary N) is 2. The Hall–Kier alpha value is -2.41. The number of halogens is 2. The Bertz CT molecular complexity index is 822. The molecule has 0 aliphatic carbocycles. The minimum absolute atomic E-state index is 0.0853. The highest BCUT2D eigenvalue weighted by Crippen LogP contribution is 2.29. The molecule has 1 saturated heterocycles. The fraction of sp³-hybridized carbons (Fsp3) is 0.118. The maximum Gasteiger partial charge on any atom is 0.265 e. The smallest absolute Gasteiger partial charge is 0.265 e. The molecule has 25 heavy (non-hydrogen) atoms. The van der Waals surface area contributed by atoms with Crippen LogP contribution in [0.25, 0.3) is 0 Å². The van der Waals surface area contributed by atoms with Crippen molar-refractivity contribution >= 4 is 46.6 Å². The van der Waals surface area contributed by atoms with E-state index in [0.717, 1.165) is 4.90 Å². The molecule has 6 nitrogen and oxygen atoms in total. The van der Waals surface area contributed by atoms with Gasteiger partial charge in [-0.25, -0.2) is 10.3 Å². The molecule has 128 valence electrons. The van der Waals surface area contributed by atoms with Crippen molar-refractivity contribution in [2.24, 2.45) is 0 Å². The Balaban J connectivity index is 1.70. The quantitative estimate of drug-likeness (QED) is 0.633. The topological polar surface area (TPSA) is 78.5 Å². The fourth-order valence-corrected chi connectivity index (χ4v) is 3.01. The zero-order chi connectivity index (χ0) is 18.0. The van der Waals surface area contributed by atoms with Gasteiger partial charge < -0.3 is 0 Å². The van der Waals surface area contributed by atoms with Gasteiger partial charge in [-0.15, -0.1) is 0 Å². The number of anilines is 1. The number of amides is 3. The first-order valence-corrected chi connectivity index (χ1v) is 8.15. The number of benzene rings is 2. The third-order valence-corrected chi connectivity index (χ3v) is 4.08. The second-order valence-corrected chi connectivity index (χ2v) is 6.29. The zero-order valence-corrected chi connectivity index (χ0v) is 14.3. The monoisotopic (exact) mass is 377 g/mol. The normalized spacial score (nSPS) is 17.0. The number of rotatable bonds is 4. The summed E-state index contributed by atoms with van der Waals surface area (Å²) in [5.41, 5.74) is 5.79. The van der Waals surface area contributed by atoms with Crippen LogP contribution in [0.4, 0.5) is 5.69 Å². The molecule has 0 radical (unpaired) electrons. The Labute approximate surface area is 153 Å². The Morgan fingerprint density at radius 3 is 2.32 bits per heavy atom. The van der Waals surface area contributed by atoms with Gasteiger partial charge in [-0.1, -0.05) is 41.4 Å². The predicted octanol–water partition coefficient (Wildman–Crippen LogP) is 2.56. The van der Waals surface area contributed by atoms with Crippen LogP contribution >= 0.6 is 23.2 Å². The maximum atomic E-state index is 12.5. The SMILES string of the molecule is O=C(NN[C@@H]1CC(=O)N(c2cc(Cl)cc(Cl)c2)C1=O)c1ccccc1. The van der Waals surface area contributed by atoms with E-state index in [0.29, 0.717) is 21.3 Å². The van der Waals surface area contributed by atoms with Crippen LogP contribution in [0.1, 0.15) is 16.8 Å². The molecule has 1 aliphatic rings. The van der Waals surface area contributed by atoms with Crippen LogP contribution < -0.4 is 15.8 Å². The van der Waals surface area contributed by atoms with Gasteiger partial charge in [0.05, 0.1) is 12.1 Å². The van der Waals surface area contributed by atoms with Gasteiger partial charge in [0, 0.05) is 15.6 Å². The van der Waals surface area contributed by atoms with Crippen molar-refractivity contribution in [3.63, 3.8) is 0 Å². The lowest BCUT2D eigenvalue weighted by atomic mass is 10.2. The summed E-state index contributed by atoms with van der Waals surface area (Å²) in [7, 11) is 0. The summed E-state index contributed by atoms with van der Waals surface area (Å²) in [6, 6.07) is 12.1. The largest absolute Gasteiger partial charge is 0.287 e. The van der Waals surface area contributed by atoms with Crippen LogP contribution in [0.15, 0.2) is 48.5 Å². The second-order valence-electron chi connectivity index (χ2n) is 5.42. The Morgan fingerprint density at radius 2 is 1.68 bits per heavy atom. The van der Waals surface area contributed by atoms with E-state index in [9.17, 15) is 14.4 Å². The minimum atomic E-state index is -0.863. The van der Waals surface area contributed by atoms with Crippen LogP contribution in [-0.4, -0.2) is 23.8 Å². The van der Waals surface area contributed by atoms with Crippen LogP contribution in [0.3, 0.4) is 0 Å². The first-order valence-electron chi connectivity index (χ1n) is 7.39. The van der Waals surface area contributed by atoms with E-state index in [-0.39, 0.29) is 6.42 Å². The molecule has 1 aliphatic heterocycles. The van der Waals surface area contributed by atoms with Crippen LogP contribution in [0, 0.1) is 0 Å². The van der Waals surface area contributed by atoms with Gasteiger partial charge in [0.15, 0.2) is 0 Å². The van der Waals surface area contributed by atoms with E-state index in [1.54, 1.807) is 30.3 Å². The lowest BCUT2D eigenvalue weighted by Gasteiger charge is -2.16. The molecule has 0 bridgehead atoms. The lowest BCUT2D eigenvalue weighted by Crippen LogP contribution is -2.48. The van der Waals surface area contributed by atoms with Crippen molar-refractivity contribution < 1.29 is 14.4 Å². The van der Waals surface area contributed by atoms with Gasteiger partial charge in [-0.3, -0.25) is 19.8 Å². The van der Waals surface area contributed by atoms with Crippen molar-refractivity contribution in [1.29, 1.82) is 0 Å². The molecule has 3 amide bonds. The highest BCUT2D eigenvalue weighted by Gasteiger charge is 2.40. The first-order chi connectivity index (χ1) is 12.0. The van der Waals surface area contributed by atoms with Crippen LogP contribution in [-0.2, 0) is 9.59 Å². The summed E-state index contributed by atoms with van der Waals surface area (Å²) in [5.74, 6) is -1.29. The zero-order valence-electron chi connectivity index (χ0n) is 12.8. The molecule has 1 atom stereocenters. The fourth-order valence-electron chi connectivity index (χ4n) is 2.50. The molecule has 2 N–H and O–H groups in total. The molecule has 0 unspecified atom stereocenters. The molecule has 2 aromatic rings. The standard InChI is InChI=1S/C17H13Cl2N3O3/c18-11-6-12(19)8-13(7-11)22-15(23)9-14(17(22)25)20-21-16(24)10-4-2-1-3-5-10/h1-8,14,20H,9H2,(H,21,24)/t14-/m1/s1. The highest BCUT2D eigenvalue weighted by molar-refractivity contribution is 6.35. The number of carbonyl (C=O) groups is 3. The molecule has 0 saturated carbocycles. The molecular formula is C17H13Cl2N3O3. The molecule has 0 spiro atoms. The predicted molar refractivity (Wildman–Crippen MR) is 94.4 cm³/mol. The Morgan fingerprint density at radius 1 is 1.04 bits per heavy atom. The third-order valence-electron chi connectivity index (χ3n) is 3.65. The third kappa shape index (κ3) is 3.82. The van der Waals surface area contributed by atoms with Gasteiger partial charge in [0.1, 0.15) is 6.04 Å². The number of imide groups is 1. The van der Waals surface area contributed by atoms with E-state index in [2.05, 4.69) is 10.9 Å². The van der Waals surface area contributed by atoms with Crippen molar-refractivity contribution in [1.82, 2.24) is 10.9 Å². The van der Waals surface area contributed by atoms with Crippen molar-refractivity contribution in [3.05, 3.63) is 64.1 Å². The summed E-state index contributed by atoms with van der Waals surface area (Å²) >= 11 is 11.8. The number of carbonyl (C=O) groups excluding carboxylic acids is 3. The van der Waals surface area contributed by atoms with E-state index in [1.165, 1.54) is 18.2 Å². The molecule has 1 heterocycles. The summed E-state index contributed by atoms with van der Waals surface area (Å²) in [6.45, 7) is 0. The van der Waals surface area contributed by atoms with Gasteiger partial charge in [0.25, 0.3) is 11.8 Å². The lowest BCUT2D eigenvalue weighted by molar-refractivity contribution is -0.121. The molecule has 2 aromatic carbocycles. The average molecular weight is 378 g/mol. The average Bonchev–Trinajstić information content (AvgIpc) is 2.86. The number of nitrogens with zero attached hydrogens (tertiary/aromatic N) is 1. The first kappa shape index (κ1) is 17.4. The summed E-state index contributed by atoms with van der Waals surface area (Å²) in [6.07, 6.45) is -0.0853.